The lowest BCUT2D eigenvalue weighted by molar-refractivity contribution is -0.0796. The average Bonchev–Trinajstić information content (AvgIpc) is 3.06. The molecule has 1 aromatic heterocycles. The molecule has 1 aliphatic carbocycles. The molecule has 0 atom stereocenters. The Hall–Kier alpha value is -1.47. The van der Waals surface area contributed by atoms with Gasteiger partial charge in [0.15, 0.2) is 5.82 Å². The van der Waals surface area contributed by atoms with Gasteiger partial charge in [-0.25, -0.2) is 0 Å². The summed E-state index contributed by atoms with van der Waals surface area (Å²) in [6, 6.07) is 6.16. The lowest BCUT2D eigenvalue weighted by Gasteiger charge is -2.32. The Labute approximate surface area is 177 Å². The van der Waals surface area contributed by atoms with Crippen molar-refractivity contribution in [1.29, 1.82) is 0 Å². The molecule has 3 aliphatic rings. The third kappa shape index (κ3) is 4.08. The van der Waals surface area contributed by atoms with Crippen molar-refractivity contribution in [2.75, 3.05) is 20.3 Å². The van der Waals surface area contributed by atoms with Gasteiger partial charge in [0.25, 0.3) is 0 Å². The molecule has 2 aromatic rings. The van der Waals surface area contributed by atoms with Gasteiger partial charge in [0.2, 0.25) is 0 Å². The van der Waals surface area contributed by atoms with Gasteiger partial charge in [0, 0.05) is 30.7 Å². The quantitative estimate of drug-likeness (QED) is 0.754. The van der Waals surface area contributed by atoms with E-state index in [1.54, 1.807) is 0 Å². The number of nitrogens with zero attached hydrogens (tertiary/aromatic N) is 4. The van der Waals surface area contributed by atoms with Crippen LogP contribution in [0.2, 0.25) is 5.02 Å². The number of fused-ring (bicyclic) bond motifs is 3. The Kier molecular flexibility index (Phi) is 5.61. The Balaban J connectivity index is 1.34. The van der Waals surface area contributed by atoms with Crippen molar-refractivity contribution in [2.24, 2.45) is 0 Å². The SMILES string of the molecule is CN1Cc2cc(Cl)ccc2-n2c(nnc2[C@H]2CC[C@H](OC3CCOCC3)CC2)C1. The molecular weight excluding hydrogens is 388 g/mol. The summed E-state index contributed by atoms with van der Waals surface area (Å²) in [5, 5.41) is 10.0. The smallest absolute Gasteiger partial charge is 0.151 e. The highest BCUT2D eigenvalue weighted by atomic mass is 35.5. The minimum Gasteiger partial charge on any atom is -0.381 e. The molecule has 1 aromatic carbocycles. The molecule has 7 heteroatoms. The molecule has 1 saturated carbocycles. The predicted octanol–water partition coefficient (Wildman–Crippen LogP) is 4.09. The van der Waals surface area contributed by atoms with Crippen LogP contribution in [0.1, 0.15) is 61.7 Å². The van der Waals surface area contributed by atoms with Gasteiger partial charge in [0.1, 0.15) is 5.82 Å². The zero-order valence-corrected chi connectivity index (χ0v) is 17.8. The Bertz CT molecular complexity index is 856. The van der Waals surface area contributed by atoms with Crippen LogP contribution < -0.4 is 0 Å². The second-order valence-corrected chi connectivity index (χ2v) is 9.11. The van der Waals surface area contributed by atoms with Gasteiger partial charge in [-0.15, -0.1) is 10.2 Å². The van der Waals surface area contributed by atoms with E-state index < -0.39 is 0 Å². The van der Waals surface area contributed by atoms with Crippen LogP contribution in [-0.4, -0.2) is 52.1 Å². The van der Waals surface area contributed by atoms with E-state index >= 15 is 0 Å². The number of hydrogen-bond donors (Lipinski definition) is 0. The molecule has 5 rings (SSSR count). The largest absolute Gasteiger partial charge is 0.381 e. The van der Waals surface area contributed by atoms with Crippen molar-refractivity contribution in [3.8, 4) is 5.69 Å². The lowest BCUT2D eigenvalue weighted by Crippen LogP contribution is -2.31. The summed E-state index contributed by atoms with van der Waals surface area (Å²) >= 11 is 6.28. The van der Waals surface area contributed by atoms with E-state index in [1.165, 1.54) is 11.3 Å². The van der Waals surface area contributed by atoms with Crippen LogP contribution >= 0.6 is 11.6 Å². The first-order chi connectivity index (χ1) is 14.2. The molecule has 0 spiro atoms. The fourth-order valence-corrected chi connectivity index (χ4v) is 5.18. The number of benzene rings is 1. The van der Waals surface area contributed by atoms with E-state index in [1.807, 2.05) is 6.07 Å². The van der Waals surface area contributed by atoms with Crippen LogP contribution in [0, 0.1) is 0 Å². The van der Waals surface area contributed by atoms with Crippen molar-refractivity contribution in [2.45, 2.75) is 69.7 Å². The van der Waals surface area contributed by atoms with E-state index in [-0.39, 0.29) is 0 Å². The summed E-state index contributed by atoms with van der Waals surface area (Å²) in [7, 11) is 2.12. The molecule has 2 fully saturated rings. The number of hydrogen-bond acceptors (Lipinski definition) is 5. The van der Waals surface area contributed by atoms with Gasteiger partial charge in [0.05, 0.1) is 24.4 Å². The molecule has 6 nitrogen and oxygen atoms in total. The molecule has 2 aliphatic heterocycles. The van der Waals surface area contributed by atoms with E-state index in [0.29, 0.717) is 18.1 Å². The number of ether oxygens (including phenoxy) is 2. The van der Waals surface area contributed by atoms with Crippen LogP contribution in [0.15, 0.2) is 18.2 Å². The summed E-state index contributed by atoms with van der Waals surface area (Å²) in [4.78, 5) is 2.27. The third-order valence-corrected chi connectivity index (χ3v) is 6.72. The number of rotatable bonds is 3. The highest BCUT2D eigenvalue weighted by Crippen LogP contribution is 2.37. The predicted molar refractivity (Wildman–Crippen MR) is 111 cm³/mol. The van der Waals surface area contributed by atoms with E-state index in [0.717, 1.165) is 81.5 Å². The Morgan fingerprint density at radius 1 is 1.00 bits per heavy atom. The van der Waals surface area contributed by atoms with Crippen LogP contribution in [0.3, 0.4) is 0 Å². The van der Waals surface area contributed by atoms with Crippen molar-refractivity contribution in [1.82, 2.24) is 19.7 Å². The van der Waals surface area contributed by atoms with E-state index in [4.69, 9.17) is 21.1 Å². The molecule has 0 unspecified atom stereocenters. The summed E-state index contributed by atoms with van der Waals surface area (Å²) in [6.07, 6.45) is 7.21. The normalized spacial score (nSPS) is 26.0. The maximum Gasteiger partial charge on any atom is 0.151 e. The highest BCUT2D eigenvalue weighted by Gasteiger charge is 2.31. The van der Waals surface area contributed by atoms with Crippen LogP contribution in [0.4, 0.5) is 0 Å². The van der Waals surface area contributed by atoms with Crippen molar-refractivity contribution < 1.29 is 9.47 Å². The van der Waals surface area contributed by atoms with Gasteiger partial charge in [-0.3, -0.25) is 9.47 Å². The zero-order valence-electron chi connectivity index (χ0n) is 17.0. The van der Waals surface area contributed by atoms with Gasteiger partial charge >= 0.3 is 0 Å². The van der Waals surface area contributed by atoms with Crippen LogP contribution in [0.25, 0.3) is 5.69 Å². The topological polar surface area (TPSA) is 52.4 Å². The van der Waals surface area contributed by atoms with E-state index in [2.05, 4.69) is 38.8 Å². The van der Waals surface area contributed by atoms with Gasteiger partial charge in [-0.2, -0.15) is 0 Å². The first kappa shape index (κ1) is 19.5. The van der Waals surface area contributed by atoms with Crippen LogP contribution in [-0.2, 0) is 22.6 Å². The van der Waals surface area contributed by atoms with Gasteiger partial charge < -0.3 is 9.47 Å². The van der Waals surface area contributed by atoms with Crippen molar-refractivity contribution in [3.63, 3.8) is 0 Å². The van der Waals surface area contributed by atoms with Crippen molar-refractivity contribution >= 4 is 11.6 Å². The minimum absolute atomic E-state index is 0.373. The Morgan fingerprint density at radius 3 is 2.55 bits per heavy atom. The second-order valence-electron chi connectivity index (χ2n) is 8.68. The average molecular weight is 417 g/mol. The molecular formula is C22H29ClN4O2. The standard InChI is InChI=1S/C22H29ClN4O2/c1-26-13-16-12-17(23)4-7-20(16)27-21(14-26)24-25-22(27)15-2-5-18(6-3-15)29-19-8-10-28-11-9-19/h4,7,12,15,18-19H,2-3,5-6,8-11,13-14H2,1H3/t15-,18-. The molecule has 0 N–H and O–H groups in total. The molecule has 0 bridgehead atoms. The van der Waals surface area contributed by atoms with E-state index in [9.17, 15) is 0 Å². The monoisotopic (exact) mass is 416 g/mol. The first-order valence-electron chi connectivity index (χ1n) is 10.8. The molecule has 1 saturated heterocycles. The summed E-state index contributed by atoms with van der Waals surface area (Å²) in [6.45, 7) is 3.33. The second kappa shape index (κ2) is 8.34. The van der Waals surface area contributed by atoms with Crippen LogP contribution in [0.5, 0.6) is 0 Å². The summed E-state index contributed by atoms with van der Waals surface area (Å²) in [5.74, 6) is 2.55. The maximum absolute atomic E-state index is 6.37. The molecule has 0 radical (unpaired) electrons. The third-order valence-electron chi connectivity index (χ3n) is 6.48. The Morgan fingerprint density at radius 2 is 1.76 bits per heavy atom. The fraction of sp³-hybridized carbons (Fsp3) is 0.636. The highest BCUT2D eigenvalue weighted by molar-refractivity contribution is 6.30. The first-order valence-corrected chi connectivity index (χ1v) is 11.2. The van der Waals surface area contributed by atoms with Gasteiger partial charge in [-0.1, -0.05) is 11.6 Å². The van der Waals surface area contributed by atoms with Crippen molar-refractivity contribution in [3.05, 3.63) is 40.4 Å². The molecule has 156 valence electrons. The molecule has 0 amide bonds. The summed E-state index contributed by atoms with van der Waals surface area (Å²) < 4.78 is 14.1. The number of aromatic nitrogens is 3. The fourth-order valence-electron chi connectivity index (χ4n) is 4.99. The zero-order chi connectivity index (χ0) is 19.8. The number of halogens is 1. The minimum atomic E-state index is 0.373. The summed E-state index contributed by atoms with van der Waals surface area (Å²) in [5.41, 5.74) is 2.41. The lowest BCUT2D eigenvalue weighted by atomic mass is 9.86. The molecule has 29 heavy (non-hydrogen) atoms. The van der Waals surface area contributed by atoms with Gasteiger partial charge in [-0.05, 0) is 69.3 Å². The molecule has 3 heterocycles. The maximum atomic E-state index is 6.37.